The molecule has 0 N–H and O–H groups in total. The zero-order valence-corrected chi connectivity index (χ0v) is 9.29. The van der Waals surface area contributed by atoms with Crippen LogP contribution in [0.5, 0.6) is 0 Å². The molecule has 0 aliphatic heterocycles. The van der Waals surface area contributed by atoms with Crippen molar-refractivity contribution in [1.29, 1.82) is 0 Å². The summed E-state index contributed by atoms with van der Waals surface area (Å²) in [7, 11) is 0. The van der Waals surface area contributed by atoms with Gasteiger partial charge in [-0.1, -0.05) is 26.2 Å². The number of hydrogen-bond donors (Lipinski definition) is 0. The number of hydrogen-bond acceptors (Lipinski definition) is 2. The number of unbranched alkanes of at least 4 members (excludes halogenated alkanes) is 3. The predicted octanol–water partition coefficient (Wildman–Crippen LogP) is 2.29. The predicted molar refractivity (Wildman–Crippen MR) is 55.7 cm³/mol. The van der Waals surface area contributed by atoms with Gasteiger partial charge >= 0.3 is 11.8 Å². The lowest BCUT2D eigenvalue weighted by Gasteiger charge is -2.09. The third-order valence-electron chi connectivity index (χ3n) is 2.40. The van der Waals surface area contributed by atoms with Crippen molar-refractivity contribution in [3.63, 3.8) is 0 Å². The van der Waals surface area contributed by atoms with Crippen LogP contribution >= 0.6 is 0 Å². The summed E-state index contributed by atoms with van der Waals surface area (Å²) < 4.78 is 13.6. The zero-order chi connectivity index (χ0) is 11.3. The minimum absolute atomic E-state index is 0.181. The molecule has 0 aromatic carbocycles. The minimum atomic E-state index is -0.565. The lowest BCUT2D eigenvalue weighted by Crippen LogP contribution is -2.37. The first-order chi connectivity index (χ1) is 7.15. The maximum Gasteiger partial charge on any atom is 0.325 e. The number of rotatable bonds is 5. The summed E-state index contributed by atoms with van der Waals surface area (Å²) in [5.74, 6) is -0.384. The molecule has 84 valence electrons. The fourth-order valence-electron chi connectivity index (χ4n) is 1.54. The van der Waals surface area contributed by atoms with Crippen LogP contribution in [0.2, 0.25) is 0 Å². The summed E-state index contributed by atoms with van der Waals surface area (Å²) in [4.78, 5) is 3.46. The summed E-state index contributed by atoms with van der Waals surface area (Å²) in [6.45, 7) is 3.65. The van der Waals surface area contributed by atoms with E-state index in [4.69, 9.17) is 0 Å². The molecule has 0 bridgehead atoms. The Balaban J connectivity index is 2.60. The Hall–Kier alpha value is -1.19. The van der Waals surface area contributed by atoms with Crippen LogP contribution in [0.25, 0.3) is 0 Å². The molecule has 0 amide bonds. The molecule has 0 spiro atoms. The largest absolute Gasteiger partial charge is 0.711 e. The van der Waals surface area contributed by atoms with Crippen molar-refractivity contribution >= 4 is 0 Å². The van der Waals surface area contributed by atoms with Gasteiger partial charge in [0.2, 0.25) is 0 Å². The van der Waals surface area contributed by atoms with E-state index in [1.807, 2.05) is 0 Å². The summed E-state index contributed by atoms with van der Waals surface area (Å²) in [5, 5.41) is 11.5. The first-order valence-electron chi connectivity index (χ1n) is 5.40. The molecule has 0 aliphatic carbocycles. The topological polar surface area (TPSA) is 39.8 Å². The van der Waals surface area contributed by atoms with E-state index in [-0.39, 0.29) is 5.82 Å². The zero-order valence-electron chi connectivity index (χ0n) is 9.29. The third kappa shape index (κ3) is 3.46. The van der Waals surface area contributed by atoms with Crippen LogP contribution < -0.4 is 4.73 Å². The summed E-state index contributed by atoms with van der Waals surface area (Å²) >= 11 is 0. The number of aryl methyl sites for hydroxylation is 2. The molecule has 1 aromatic heterocycles. The SMILES string of the molecule is CCCCCCc1cc(F)nc(C)[n+]1[O-]. The summed E-state index contributed by atoms with van der Waals surface area (Å²) in [6.07, 6.45) is 4.95. The van der Waals surface area contributed by atoms with Gasteiger partial charge in [0, 0.05) is 13.3 Å². The van der Waals surface area contributed by atoms with Gasteiger partial charge in [-0.05, 0) is 11.4 Å². The van der Waals surface area contributed by atoms with Crippen molar-refractivity contribution in [1.82, 2.24) is 4.98 Å². The van der Waals surface area contributed by atoms with Crippen molar-refractivity contribution in [2.24, 2.45) is 0 Å². The maximum absolute atomic E-state index is 12.9. The smallest absolute Gasteiger partial charge is 0.325 e. The summed E-state index contributed by atoms with van der Waals surface area (Å²) in [5.41, 5.74) is 0.483. The van der Waals surface area contributed by atoms with Crippen LogP contribution in [0.3, 0.4) is 0 Å². The second-order valence-corrected chi connectivity index (χ2v) is 3.72. The minimum Gasteiger partial charge on any atom is -0.711 e. The molecule has 0 saturated heterocycles. The van der Waals surface area contributed by atoms with E-state index in [0.717, 1.165) is 30.4 Å². The van der Waals surface area contributed by atoms with Gasteiger partial charge in [-0.15, -0.1) is 0 Å². The molecule has 4 heteroatoms. The van der Waals surface area contributed by atoms with Gasteiger partial charge in [0.05, 0.1) is 6.07 Å². The van der Waals surface area contributed by atoms with Gasteiger partial charge in [-0.2, -0.15) is 4.39 Å². The second kappa shape index (κ2) is 5.63. The van der Waals surface area contributed by atoms with E-state index in [0.29, 0.717) is 12.1 Å². The molecule has 0 radical (unpaired) electrons. The van der Waals surface area contributed by atoms with E-state index < -0.39 is 5.95 Å². The Kier molecular flexibility index (Phi) is 4.46. The Morgan fingerprint density at radius 3 is 2.80 bits per heavy atom. The Morgan fingerprint density at radius 2 is 2.13 bits per heavy atom. The van der Waals surface area contributed by atoms with Crippen molar-refractivity contribution in [2.75, 3.05) is 0 Å². The lowest BCUT2D eigenvalue weighted by molar-refractivity contribution is -0.624. The maximum atomic E-state index is 12.9. The van der Waals surface area contributed by atoms with E-state index >= 15 is 0 Å². The molecule has 0 fully saturated rings. The van der Waals surface area contributed by atoms with Gasteiger partial charge in [0.1, 0.15) is 5.69 Å². The molecule has 0 aliphatic rings. The van der Waals surface area contributed by atoms with Crippen molar-refractivity contribution < 1.29 is 9.12 Å². The van der Waals surface area contributed by atoms with Crippen LogP contribution in [0.1, 0.15) is 44.1 Å². The van der Waals surface area contributed by atoms with Crippen LogP contribution in [0.15, 0.2) is 6.07 Å². The highest BCUT2D eigenvalue weighted by atomic mass is 19.1. The molecule has 1 heterocycles. The molecule has 0 atom stereocenters. The second-order valence-electron chi connectivity index (χ2n) is 3.72. The normalized spacial score (nSPS) is 10.6. The monoisotopic (exact) mass is 212 g/mol. The van der Waals surface area contributed by atoms with Crippen LogP contribution in [-0.2, 0) is 6.42 Å². The van der Waals surface area contributed by atoms with E-state index in [9.17, 15) is 9.60 Å². The molecular formula is C11H17FN2O. The van der Waals surface area contributed by atoms with Crippen LogP contribution in [0.4, 0.5) is 4.39 Å². The lowest BCUT2D eigenvalue weighted by atomic mass is 10.1. The van der Waals surface area contributed by atoms with Gasteiger partial charge in [0.15, 0.2) is 0 Å². The number of halogens is 1. The number of aromatic nitrogens is 2. The highest BCUT2D eigenvalue weighted by Gasteiger charge is 2.11. The quantitative estimate of drug-likeness (QED) is 0.325. The van der Waals surface area contributed by atoms with Crippen LogP contribution in [-0.4, -0.2) is 4.98 Å². The van der Waals surface area contributed by atoms with E-state index in [2.05, 4.69) is 11.9 Å². The Bertz CT molecular complexity index is 329. The van der Waals surface area contributed by atoms with Gasteiger partial charge in [0.25, 0.3) is 0 Å². The van der Waals surface area contributed by atoms with Gasteiger partial charge in [-0.25, -0.2) is 4.73 Å². The fourth-order valence-corrected chi connectivity index (χ4v) is 1.54. The molecule has 1 aromatic rings. The Morgan fingerprint density at radius 1 is 1.40 bits per heavy atom. The average Bonchev–Trinajstić information content (AvgIpc) is 2.19. The first kappa shape index (κ1) is 11.9. The highest BCUT2D eigenvalue weighted by Crippen LogP contribution is 2.05. The van der Waals surface area contributed by atoms with Crippen molar-refractivity contribution in [3.8, 4) is 0 Å². The highest BCUT2D eigenvalue weighted by molar-refractivity contribution is 4.96. The van der Waals surface area contributed by atoms with Gasteiger partial charge < -0.3 is 5.21 Å². The summed E-state index contributed by atoms with van der Waals surface area (Å²) in [6, 6.07) is 1.23. The number of nitrogens with zero attached hydrogens (tertiary/aromatic N) is 2. The van der Waals surface area contributed by atoms with Crippen molar-refractivity contribution in [3.05, 3.63) is 28.7 Å². The first-order valence-corrected chi connectivity index (χ1v) is 5.40. The standard InChI is InChI=1S/C11H17FN2O/c1-3-4-5-6-7-10-8-11(12)13-9(2)14(10)15/h8H,3-7H2,1-2H3. The molecule has 0 unspecified atom stereocenters. The van der Waals surface area contributed by atoms with E-state index in [1.54, 1.807) is 0 Å². The molecular weight excluding hydrogens is 195 g/mol. The van der Waals surface area contributed by atoms with Crippen molar-refractivity contribution in [2.45, 2.75) is 46.0 Å². The van der Waals surface area contributed by atoms with Gasteiger partial charge in [-0.3, -0.25) is 0 Å². The Labute approximate surface area is 89.5 Å². The third-order valence-corrected chi connectivity index (χ3v) is 2.40. The molecule has 0 saturated carbocycles. The average molecular weight is 212 g/mol. The molecule has 1 rings (SSSR count). The molecule has 3 nitrogen and oxygen atoms in total. The van der Waals surface area contributed by atoms with E-state index in [1.165, 1.54) is 13.0 Å². The van der Waals surface area contributed by atoms with Crippen LogP contribution in [0, 0.1) is 18.1 Å². The fraction of sp³-hybridized carbons (Fsp3) is 0.636. The molecule has 15 heavy (non-hydrogen) atoms.